The van der Waals surface area contributed by atoms with E-state index in [1.54, 1.807) is 4.90 Å². The van der Waals surface area contributed by atoms with Gasteiger partial charge in [0.05, 0.1) is 12.6 Å². The van der Waals surface area contributed by atoms with E-state index in [0.29, 0.717) is 17.2 Å². The first-order chi connectivity index (χ1) is 10.1. The van der Waals surface area contributed by atoms with Gasteiger partial charge in [0.15, 0.2) is 5.13 Å². The van der Waals surface area contributed by atoms with Gasteiger partial charge in [-0.1, -0.05) is 24.2 Å². The molecule has 1 saturated heterocycles. The summed E-state index contributed by atoms with van der Waals surface area (Å²) in [5, 5.41) is 10.3. The Morgan fingerprint density at radius 2 is 2.29 bits per heavy atom. The van der Waals surface area contributed by atoms with Gasteiger partial charge in [0, 0.05) is 20.1 Å². The number of thiazole rings is 1. The topological polar surface area (TPSA) is 82.7 Å². The predicted octanol–water partition coefficient (Wildman–Crippen LogP) is 1.56. The number of amides is 1. The third-order valence-electron chi connectivity index (χ3n) is 3.99. The van der Waals surface area contributed by atoms with Gasteiger partial charge in [-0.3, -0.25) is 4.79 Å². The molecule has 0 aliphatic carbocycles. The molecule has 2 heterocycles. The average molecular weight is 312 g/mol. The largest absolute Gasteiger partial charge is 0.394 e. The van der Waals surface area contributed by atoms with Crippen LogP contribution < -0.4 is 10.6 Å². The van der Waals surface area contributed by atoms with E-state index in [-0.39, 0.29) is 18.6 Å². The maximum Gasteiger partial charge on any atom is 0.268 e. The molecule has 1 amide bonds. The Hall–Kier alpha value is -1.34. The third-order valence-corrected chi connectivity index (χ3v) is 5.16. The van der Waals surface area contributed by atoms with Crippen LogP contribution >= 0.6 is 11.3 Å². The summed E-state index contributed by atoms with van der Waals surface area (Å²) in [5.74, 6) is 0.197. The summed E-state index contributed by atoms with van der Waals surface area (Å²) in [6, 6.07) is -0.103. The molecule has 1 aromatic heterocycles. The van der Waals surface area contributed by atoms with Gasteiger partial charge in [-0.15, -0.1) is 0 Å². The molecular weight excluding hydrogens is 288 g/mol. The van der Waals surface area contributed by atoms with E-state index >= 15 is 0 Å². The standard InChI is InChI=1S/C14H24N4O2S/c1-3-17(2)14-16-12(15)11(21-14)13(20)18-8-6-4-5-7-10(18)9-19/h10,19H,3-9,15H2,1-2H3. The molecule has 1 atom stereocenters. The van der Waals surface area contributed by atoms with Crippen LogP contribution in [0.3, 0.4) is 0 Å². The number of anilines is 2. The molecule has 0 saturated carbocycles. The van der Waals surface area contributed by atoms with Gasteiger partial charge in [-0.25, -0.2) is 4.98 Å². The number of nitrogen functional groups attached to an aromatic ring is 1. The third kappa shape index (κ3) is 3.47. The van der Waals surface area contributed by atoms with E-state index in [9.17, 15) is 9.90 Å². The fraction of sp³-hybridized carbons (Fsp3) is 0.714. The van der Waals surface area contributed by atoms with Crippen molar-refractivity contribution in [2.45, 2.75) is 38.6 Å². The molecule has 0 radical (unpaired) electrons. The summed E-state index contributed by atoms with van der Waals surface area (Å²) in [5.41, 5.74) is 5.93. The monoisotopic (exact) mass is 312 g/mol. The van der Waals surface area contributed by atoms with Crippen LogP contribution in [0.15, 0.2) is 0 Å². The van der Waals surface area contributed by atoms with Crippen molar-refractivity contribution in [2.24, 2.45) is 0 Å². The van der Waals surface area contributed by atoms with Crippen LogP contribution in [0.1, 0.15) is 42.3 Å². The lowest BCUT2D eigenvalue weighted by molar-refractivity contribution is 0.0605. The molecule has 1 aliphatic heterocycles. The maximum atomic E-state index is 12.8. The highest BCUT2D eigenvalue weighted by molar-refractivity contribution is 7.18. The van der Waals surface area contributed by atoms with Crippen molar-refractivity contribution in [3.05, 3.63) is 4.88 Å². The van der Waals surface area contributed by atoms with Crippen LogP contribution in [0, 0.1) is 0 Å². The van der Waals surface area contributed by atoms with Crippen molar-refractivity contribution in [3.63, 3.8) is 0 Å². The highest BCUT2D eigenvalue weighted by Gasteiger charge is 2.29. The Bertz CT molecular complexity index is 491. The van der Waals surface area contributed by atoms with Crippen LogP contribution in [-0.4, -0.2) is 53.7 Å². The summed E-state index contributed by atoms with van der Waals surface area (Å²) in [4.78, 5) is 21.3. The first-order valence-corrected chi connectivity index (χ1v) is 8.29. The minimum atomic E-state index is -0.103. The van der Waals surface area contributed by atoms with Gasteiger partial charge in [0.2, 0.25) is 0 Å². The second kappa shape index (κ2) is 7.09. The van der Waals surface area contributed by atoms with Crippen molar-refractivity contribution < 1.29 is 9.90 Å². The van der Waals surface area contributed by atoms with Gasteiger partial charge >= 0.3 is 0 Å². The van der Waals surface area contributed by atoms with E-state index in [0.717, 1.165) is 37.4 Å². The number of aliphatic hydroxyl groups excluding tert-OH is 1. The molecule has 1 fully saturated rings. The molecule has 2 rings (SSSR count). The summed E-state index contributed by atoms with van der Waals surface area (Å²) in [7, 11) is 1.93. The molecule has 118 valence electrons. The van der Waals surface area contributed by atoms with Gasteiger partial charge in [0.25, 0.3) is 5.91 Å². The van der Waals surface area contributed by atoms with Gasteiger partial charge in [-0.05, 0) is 19.8 Å². The lowest BCUT2D eigenvalue weighted by atomic mass is 10.1. The number of likely N-dealkylation sites (tertiary alicyclic amines) is 1. The smallest absolute Gasteiger partial charge is 0.268 e. The molecular formula is C14H24N4O2S. The van der Waals surface area contributed by atoms with Crippen molar-refractivity contribution in [3.8, 4) is 0 Å². The summed E-state index contributed by atoms with van der Waals surface area (Å²) < 4.78 is 0. The summed E-state index contributed by atoms with van der Waals surface area (Å²) in [6.45, 7) is 3.52. The number of aromatic nitrogens is 1. The number of hydrogen-bond acceptors (Lipinski definition) is 6. The van der Waals surface area contributed by atoms with Crippen LogP contribution in [0.2, 0.25) is 0 Å². The number of nitrogens with two attached hydrogens (primary N) is 1. The highest BCUT2D eigenvalue weighted by atomic mass is 32.1. The summed E-state index contributed by atoms with van der Waals surface area (Å²) >= 11 is 1.33. The SMILES string of the molecule is CCN(C)c1nc(N)c(C(=O)N2CCCCCC2CO)s1. The Morgan fingerprint density at radius 3 is 2.95 bits per heavy atom. The van der Waals surface area contributed by atoms with E-state index in [2.05, 4.69) is 4.98 Å². The zero-order valence-electron chi connectivity index (χ0n) is 12.7. The number of hydrogen-bond donors (Lipinski definition) is 2. The van der Waals surface area contributed by atoms with Crippen molar-refractivity contribution in [2.75, 3.05) is 37.4 Å². The normalized spacial score (nSPS) is 19.4. The van der Waals surface area contributed by atoms with E-state index in [4.69, 9.17) is 5.73 Å². The van der Waals surface area contributed by atoms with Crippen LogP contribution in [0.25, 0.3) is 0 Å². The summed E-state index contributed by atoms with van der Waals surface area (Å²) in [6.07, 6.45) is 3.98. The lowest BCUT2D eigenvalue weighted by Crippen LogP contribution is -2.42. The molecule has 1 aliphatic rings. The first-order valence-electron chi connectivity index (χ1n) is 7.47. The fourth-order valence-corrected chi connectivity index (χ4v) is 3.50. The van der Waals surface area contributed by atoms with Crippen molar-refractivity contribution in [1.29, 1.82) is 0 Å². The van der Waals surface area contributed by atoms with E-state index in [1.165, 1.54) is 11.3 Å². The zero-order chi connectivity index (χ0) is 15.4. The maximum absolute atomic E-state index is 12.8. The second-order valence-electron chi connectivity index (χ2n) is 5.41. The minimum absolute atomic E-state index is 0.00612. The Morgan fingerprint density at radius 1 is 1.52 bits per heavy atom. The molecule has 0 aromatic carbocycles. The van der Waals surface area contributed by atoms with Crippen LogP contribution in [0.5, 0.6) is 0 Å². The van der Waals surface area contributed by atoms with Crippen molar-refractivity contribution >= 4 is 28.2 Å². The number of carbonyl (C=O) groups excluding carboxylic acids is 1. The average Bonchev–Trinajstić information content (AvgIpc) is 2.73. The number of nitrogens with zero attached hydrogens (tertiary/aromatic N) is 3. The van der Waals surface area contributed by atoms with E-state index < -0.39 is 0 Å². The molecule has 0 spiro atoms. The van der Waals surface area contributed by atoms with Gasteiger partial charge in [0.1, 0.15) is 10.7 Å². The molecule has 0 bridgehead atoms. The molecule has 6 nitrogen and oxygen atoms in total. The fourth-order valence-electron chi connectivity index (χ4n) is 2.54. The molecule has 7 heteroatoms. The number of carbonyl (C=O) groups is 1. The van der Waals surface area contributed by atoms with E-state index in [1.807, 2.05) is 18.9 Å². The van der Waals surface area contributed by atoms with Crippen LogP contribution in [-0.2, 0) is 0 Å². The highest BCUT2D eigenvalue weighted by Crippen LogP contribution is 2.30. The Kier molecular flexibility index (Phi) is 5.41. The Balaban J connectivity index is 2.23. The predicted molar refractivity (Wildman–Crippen MR) is 85.8 cm³/mol. The minimum Gasteiger partial charge on any atom is -0.394 e. The molecule has 21 heavy (non-hydrogen) atoms. The first kappa shape index (κ1) is 16.0. The lowest BCUT2D eigenvalue weighted by Gasteiger charge is -2.28. The van der Waals surface area contributed by atoms with Gasteiger partial charge in [-0.2, -0.15) is 0 Å². The van der Waals surface area contributed by atoms with Crippen LogP contribution in [0.4, 0.5) is 10.9 Å². The zero-order valence-corrected chi connectivity index (χ0v) is 13.5. The Labute approximate surface area is 129 Å². The number of rotatable bonds is 4. The second-order valence-corrected chi connectivity index (χ2v) is 6.39. The number of aliphatic hydroxyl groups is 1. The van der Waals surface area contributed by atoms with Gasteiger partial charge < -0.3 is 20.6 Å². The molecule has 1 aromatic rings. The molecule has 3 N–H and O–H groups in total. The van der Waals surface area contributed by atoms with Crippen molar-refractivity contribution in [1.82, 2.24) is 9.88 Å². The molecule has 1 unspecified atom stereocenters. The quantitative estimate of drug-likeness (QED) is 0.881.